The van der Waals surface area contributed by atoms with Crippen molar-refractivity contribution in [3.05, 3.63) is 28.8 Å². The van der Waals surface area contributed by atoms with E-state index in [1.807, 2.05) is 19.9 Å². The first-order valence-electron chi connectivity index (χ1n) is 6.20. The molecule has 0 bridgehead atoms. The van der Waals surface area contributed by atoms with Crippen molar-refractivity contribution in [1.82, 2.24) is 4.31 Å². The maximum absolute atomic E-state index is 12.6. The number of ether oxygens (including phenoxy) is 1. The molecule has 5 nitrogen and oxygen atoms in total. The van der Waals surface area contributed by atoms with Crippen molar-refractivity contribution >= 4 is 21.6 Å². The van der Waals surface area contributed by atoms with Crippen LogP contribution in [-0.4, -0.2) is 38.0 Å². The summed E-state index contributed by atoms with van der Waals surface area (Å²) in [5.74, 6) is 0. The average molecular weight is 315 g/mol. The third-order valence-electron chi connectivity index (χ3n) is 3.08. The SMILES string of the molecule is C[C@H]1CN(S(=O)(=O)c2ccc(C#N)c(Cl)c2)C[C@H](C)O1. The Bertz CT molecular complexity index is 644. The molecule has 1 aromatic rings. The highest BCUT2D eigenvalue weighted by molar-refractivity contribution is 7.89. The number of nitrogens with zero attached hydrogens (tertiary/aromatic N) is 2. The molecular weight excluding hydrogens is 300 g/mol. The van der Waals surface area contributed by atoms with Crippen LogP contribution in [0.3, 0.4) is 0 Å². The predicted molar refractivity (Wildman–Crippen MR) is 74.9 cm³/mol. The molecule has 20 heavy (non-hydrogen) atoms. The Kier molecular flexibility index (Phi) is 4.35. The zero-order chi connectivity index (χ0) is 14.9. The summed E-state index contributed by atoms with van der Waals surface area (Å²) in [5.41, 5.74) is 0.259. The maximum Gasteiger partial charge on any atom is 0.243 e. The van der Waals surface area contributed by atoms with E-state index in [9.17, 15) is 8.42 Å². The Labute approximate surface area is 123 Å². The summed E-state index contributed by atoms with van der Waals surface area (Å²) >= 11 is 5.90. The van der Waals surface area contributed by atoms with Crippen molar-refractivity contribution in [2.45, 2.75) is 31.0 Å². The number of hydrogen-bond acceptors (Lipinski definition) is 4. The first-order valence-corrected chi connectivity index (χ1v) is 8.01. The highest BCUT2D eigenvalue weighted by Crippen LogP contribution is 2.25. The third kappa shape index (κ3) is 2.96. The van der Waals surface area contributed by atoms with Gasteiger partial charge in [0, 0.05) is 13.1 Å². The van der Waals surface area contributed by atoms with Gasteiger partial charge in [-0.2, -0.15) is 9.57 Å². The van der Waals surface area contributed by atoms with Crippen LogP contribution in [0.2, 0.25) is 5.02 Å². The molecule has 0 aromatic heterocycles. The van der Waals surface area contributed by atoms with Gasteiger partial charge in [0.05, 0.1) is 27.7 Å². The van der Waals surface area contributed by atoms with E-state index in [0.29, 0.717) is 13.1 Å². The number of morpholine rings is 1. The average Bonchev–Trinajstić information content (AvgIpc) is 2.37. The van der Waals surface area contributed by atoms with Crippen LogP contribution in [-0.2, 0) is 14.8 Å². The quantitative estimate of drug-likeness (QED) is 0.837. The van der Waals surface area contributed by atoms with Crippen molar-refractivity contribution in [2.75, 3.05) is 13.1 Å². The molecule has 0 unspecified atom stereocenters. The number of benzene rings is 1. The minimum absolute atomic E-state index is 0.0998. The molecule has 0 aliphatic carbocycles. The minimum Gasteiger partial charge on any atom is -0.373 e. The molecule has 2 atom stereocenters. The lowest BCUT2D eigenvalue weighted by Crippen LogP contribution is -2.48. The molecular formula is C13H15ClN2O3S. The first kappa shape index (κ1) is 15.3. The highest BCUT2D eigenvalue weighted by Gasteiger charge is 2.32. The van der Waals surface area contributed by atoms with Gasteiger partial charge in [0.1, 0.15) is 6.07 Å². The van der Waals surface area contributed by atoms with Crippen LogP contribution >= 0.6 is 11.6 Å². The number of sulfonamides is 1. The van der Waals surface area contributed by atoms with Gasteiger partial charge >= 0.3 is 0 Å². The van der Waals surface area contributed by atoms with Gasteiger partial charge in [-0.25, -0.2) is 8.42 Å². The second-order valence-electron chi connectivity index (χ2n) is 4.83. The van der Waals surface area contributed by atoms with Gasteiger partial charge in [0.2, 0.25) is 10.0 Å². The van der Waals surface area contributed by atoms with Gasteiger partial charge in [-0.15, -0.1) is 0 Å². The van der Waals surface area contributed by atoms with Crippen molar-refractivity contribution < 1.29 is 13.2 Å². The monoisotopic (exact) mass is 314 g/mol. The lowest BCUT2D eigenvalue weighted by Gasteiger charge is -2.34. The van der Waals surface area contributed by atoms with Crippen LogP contribution in [0.15, 0.2) is 23.1 Å². The number of hydrogen-bond donors (Lipinski definition) is 0. The molecule has 1 saturated heterocycles. The zero-order valence-corrected chi connectivity index (χ0v) is 12.8. The topological polar surface area (TPSA) is 70.4 Å². The summed E-state index contributed by atoms with van der Waals surface area (Å²) in [6.45, 7) is 4.29. The summed E-state index contributed by atoms with van der Waals surface area (Å²) in [6.07, 6.45) is -0.301. The summed E-state index contributed by atoms with van der Waals surface area (Å²) in [5, 5.41) is 8.96. The molecule has 1 aromatic carbocycles. The fourth-order valence-electron chi connectivity index (χ4n) is 2.22. The molecule has 2 rings (SSSR count). The molecule has 1 aliphatic heterocycles. The van der Waals surface area contributed by atoms with Gasteiger partial charge in [-0.05, 0) is 32.0 Å². The minimum atomic E-state index is -3.62. The molecule has 7 heteroatoms. The molecule has 0 amide bonds. The zero-order valence-electron chi connectivity index (χ0n) is 11.2. The van der Waals surface area contributed by atoms with Crippen molar-refractivity contribution in [1.29, 1.82) is 5.26 Å². The molecule has 1 fully saturated rings. The highest BCUT2D eigenvalue weighted by atomic mass is 35.5. The molecule has 1 aliphatic rings. The van der Waals surface area contributed by atoms with Gasteiger partial charge in [0.25, 0.3) is 0 Å². The van der Waals surface area contributed by atoms with E-state index < -0.39 is 10.0 Å². The molecule has 1 heterocycles. The van der Waals surface area contributed by atoms with Crippen LogP contribution in [0, 0.1) is 11.3 Å². The lowest BCUT2D eigenvalue weighted by molar-refractivity contribution is -0.0440. The van der Waals surface area contributed by atoms with Crippen LogP contribution in [0.1, 0.15) is 19.4 Å². The Hall–Kier alpha value is -1.13. The van der Waals surface area contributed by atoms with E-state index >= 15 is 0 Å². The van der Waals surface area contributed by atoms with E-state index in [1.54, 1.807) is 0 Å². The van der Waals surface area contributed by atoms with Gasteiger partial charge in [-0.3, -0.25) is 0 Å². The van der Waals surface area contributed by atoms with Crippen LogP contribution in [0.5, 0.6) is 0 Å². The maximum atomic E-state index is 12.6. The van der Waals surface area contributed by atoms with E-state index in [-0.39, 0.29) is 27.7 Å². The molecule has 0 saturated carbocycles. The second-order valence-corrected chi connectivity index (χ2v) is 7.18. The van der Waals surface area contributed by atoms with Crippen molar-refractivity contribution in [3.63, 3.8) is 0 Å². The molecule has 0 N–H and O–H groups in total. The fourth-order valence-corrected chi connectivity index (χ4v) is 4.13. The Balaban J connectivity index is 2.35. The smallest absolute Gasteiger partial charge is 0.243 e. The number of halogens is 1. The Morgan fingerprint density at radius 1 is 1.35 bits per heavy atom. The van der Waals surface area contributed by atoms with Crippen LogP contribution < -0.4 is 0 Å². The molecule has 0 spiro atoms. The Morgan fingerprint density at radius 2 is 1.95 bits per heavy atom. The van der Waals surface area contributed by atoms with E-state index in [1.165, 1.54) is 22.5 Å². The Morgan fingerprint density at radius 3 is 2.45 bits per heavy atom. The van der Waals surface area contributed by atoms with Crippen molar-refractivity contribution in [3.8, 4) is 6.07 Å². The first-order chi connectivity index (χ1) is 9.34. The number of rotatable bonds is 2. The van der Waals surface area contributed by atoms with Gasteiger partial charge in [0.15, 0.2) is 0 Å². The van der Waals surface area contributed by atoms with Crippen LogP contribution in [0.25, 0.3) is 0 Å². The summed E-state index contributed by atoms with van der Waals surface area (Å²) in [7, 11) is -3.62. The normalized spacial score (nSPS) is 24.3. The second kappa shape index (κ2) is 5.70. The van der Waals surface area contributed by atoms with E-state index in [2.05, 4.69) is 0 Å². The van der Waals surface area contributed by atoms with Gasteiger partial charge < -0.3 is 4.74 Å². The summed E-state index contributed by atoms with van der Waals surface area (Å²) in [4.78, 5) is 0.0998. The van der Waals surface area contributed by atoms with E-state index in [4.69, 9.17) is 21.6 Å². The van der Waals surface area contributed by atoms with Crippen LogP contribution in [0.4, 0.5) is 0 Å². The lowest BCUT2D eigenvalue weighted by atomic mass is 10.2. The summed E-state index contributed by atoms with van der Waals surface area (Å²) < 4.78 is 32.0. The molecule has 0 radical (unpaired) electrons. The molecule has 108 valence electrons. The fraction of sp³-hybridized carbons (Fsp3) is 0.462. The third-order valence-corrected chi connectivity index (χ3v) is 5.23. The van der Waals surface area contributed by atoms with E-state index in [0.717, 1.165) is 0 Å². The number of nitriles is 1. The summed E-state index contributed by atoms with van der Waals surface area (Å²) in [6, 6.07) is 6.05. The van der Waals surface area contributed by atoms with Gasteiger partial charge in [-0.1, -0.05) is 11.6 Å². The van der Waals surface area contributed by atoms with Crippen molar-refractivity contribution in [2.24, 2.45) is 0 Å². The largest absolute Gasteiger partial charge is 0.373 e. The standard InChI is InChI=1S/C13H15ClN2O3S/c1-9-7-16(8-10(2)19-9)20(17,18)12-4-3-11(6-15)13(14)5-12/h3-5,9-10H,7-8H2,1-2H3/t9-,10-/m0/s1. The predicted octanol–water partition coefficient (Wildman–Crippen LogP) is 2.01.